The van der Waals surface area contributed by atoms with Gasteiger partial charge in [-0.3, -0.25) is 0 Å². The molecule has 148 valence electrons. The zero-order valence-corrected chi connectivity index (χ0v) is 20.0. The van der Waals surface area contributed by atoms with Gasteiger partial charge in [0, 0.05) is 0 Å². The van der Waals surface area contributed by atoms with E-state index >= 15 is 0 Å². The second-order valence-electron chi connectivity index (χ2n) is 10.3. The number of hydrogen-bond acceptors (Lipinski definition) is 3. The summed E-state index contributed by atoms with van der Waals surface area (Å²) in [7, 11) is 3.59. The van der Waals surface area contributed by atoms with Crippen LogP contribution in [0.2, 0.25) is 0 Å². The molecule has 0 aromatic rings. The monoisotopic (exact) mass is 532 g/mol. The molecule has 0 aromatic carbocycles. The molecule has 4 rings (SSSR count). The quantitative estimate of drug-likeness (QED) is 0.548. The van der Waals surface area contributed by atoms with Crippen molar-refractivity contribution < 1.29 is 33.9 Å². The molecule has 8 unspecified atom stereocenters. The summed E-state index contributed by atoms with van der Waals surface area (Å²) in [5, 5.41) is 11.4. The van der Waals surface area contributed by atoms with Gasteiger partial charge in [-0.15, -0.1) is 0 Å². The standard InChI is InChI=1S/C22H36O3.W/c1-14-11-15-12-22(24-4,25-5)10-9-21(15,3)19-17(23)13-20(2)8-6-7-16(20)18(14)19;/h14-19,23H,6-7,9-13H2,1-5H3;. The van der Waals surface area contributed by atoms with Crippen molar-refractivity contribution in [2.75, 3.05) is 14.2 Å². The number of aliphatic hydroxyl groups excluding tert-OH is 1. The summed E-state index contributed by atoms with van der Waals surface area (Å²) in [4.78, 5) is 0. The zero-order valence-electron chi connectivity index (χ0n) is 17.1. The average Bonchev–Trinajstić information content (AvgIpc) is 2.90. The fraction of sp³-hybridized carbons (Fsp3) is 0.955. The van der Waals surface area contributed by atoms with Crippen LogP contribution < -0.4 is 0 Å². The molecule has 0 bridgehead atoms. The van der Waals surface area contributed by atoms with Gasteiger partial charge < -0.3 is 0 Å². The van der Waals surface area contributed by atoms with Crippen molar-refractivity contribution in [3.05, 3.63) is 0 Å². The molecule has 4 heteroatoms. The third-order valence-corrected chi connectivity index (χ3v) is 11.8. The van der Waals surface area contributed by atoms with Crippen LogP contribution in [0.25, 0.3) is 0 Å². The van der Waals surface area contributed by atoms with E-state index in [1.807, 2.05) is 0 Å². The maximum absolute atomic E-state index is 11.4. The number of rotatable bonds is 2. The van der Waals surface area contributed by atoms with E-state index in [0.29, 0.717) is 29.1 Å². The Labute approximate surface area is 170 Å². The minimum atomic E-state index is -0.411. The summed E-state index contributed by atoms with van der Waals surface area (Å²) in [6.45, 7) is 7.42. The first-order valence-corrected chi connectivity index (χ1v) is 12.0. The van der Waals surface area contributed by atoms with Crippen LogP contribution in [0.1, 0.15) is 65.7 Å². The molecule has 0 amide bonds. The molecule has 0 saturated heterocycles. The van der Waals surface area contributed by atoms with Gasteiger partial charge in [0.1, 0.15) is 0 Å². The molecule has 1 N–H and O–H groups in total. The first-order valence-electron chi connectivity index (χ1n) is 10.5. The van der Waals surface area contributed by atoms with Crippen LogP contribution in [-0.2, 0) is 28.8 Å². The molecule has 8 atom stereocenters. The van der Waals surface area contributed by atoms with E-state index in [-0.39, 0.29) is 11.5 Å². The van der Waals surface area contributed by atoms with Gasteiger partial charge in [-0.25, -0.2) is 0 Å². The van der Waals surface area contributed by atoms with E-state index in [1.165, 1.54) is 19.3 Å². The zero-order chi connectivity index (χ0) is 18.9. The third-order valence-electron chi connectivity index (χ3n) is 9.42. The summed E-state index contributed by atoms with van der Waals surface area (Å²) >= 11 is 1.66. The number of hydrogen-bond donors (Lipinski definition) is 1. The average molecular weight is 532 g/mol. The molecule has 4 saturated carbocycles. The molecule has 4 fully saturated rings. The van der Waals surface area contributed by atoms with Gasteiger partial charge in [0.2, 0.25) is 0 Å². The number of ether oxygens (including phenoxy) is 2. The van der Waals surface area contributed by atoms with E-state index in [0.717, 1.165) is 31.6 Å². The van der Waals surface area contributed by atoms with E-state index in [4.69, 9.17) is 9.47 Å². The predicted octanol–water partition coefficient (Wildman–Crippen LogP) is 3.95. The van der Waals surface area contributed by atoms with Gasteiger partial charge in [-0.2, -0.15) is 0 Å². The number of aliphatic hydroxyl groups is 1. The molecule has 0 aliphatic heterocycles. The summed E-state index contributed by atoms with van der Waals surface area (Å²) < 4.78 is 13.4. The Bertz CT molecular complexity index is 588. The van der Waals surface area contributed by atoms with Crippen LogP contribution in [0, 0.1) is 40.4 Å². The molecule has 0 heterocycles. The molecule has 0 aromatic heterocycles. The molecule has 4 aliphatic carbocycles. The Balaban J connectivity index is 1.70. The topological polar surface area (TPSA) is 38.7 Å². The van der Waals surface area contributed by atoms with Crippen molar-refractivity contribution >= 4 is 3.90 Å². The Hall–Kier alpha value is 0.438. The Morgan fingerprint density at radius 3 is 2.46 bits per heavy atom. The molecule has 3 nitrogen and oxygen atoms in total. The van der Waals surface area contributed by atoms with E-state index in [2.05, 4.69) is 20.8 Å². The van der Waals surface area contributed by atoms with Crippen molar-refractivity contribution in [1.29, 1.82) is 0 Å². The molecular weight excluding hydrogens is 496 g/mol. The Kier molecular flexibility index (Phi) is 4.92. The maximum atomic E-state index is 11.4. The number of methoxy groups -OCH3 is 2. The van der Waals surface area contributed by atoms with Gasteiger partial charge in [0.25, 0.3) is 0 Å². The fourth-order valence-electron chi connectivity index (χ4n) is 7.90. The van der Waals surface area contributed by atoms with Gasteiger partial charge in [0.05, 0.1) is 0 Å². The van der Waals surface area contributed by atoms with Crippen molar-refractivity contribution in [3.63, 3.8) is 0 Å². The normalized spacial score (nSPS) is 52.9. The van der Waals surface area contributed by atoms with Crippen molar-refractivity contribution in [1.82, 2.24) is 0 Å². The SMILES string of the molecule is COC1(OC)CCC2(C)C(CC(C)C3C4CC[C](=[W])C4(C)CC(O)C32)C1. The van der Waals surface area contributed by atoms with Crippen LogP contribution in [0.4, 0.5) is 0 Å². The molecule has 26 heavy (non-hydrogen) atoms. The molecular formula is C22H36O3W. The second kappa shape index (κ2) is 6.48. The third kappa shape index (κ3) is 2.56. The van der Waals surface area contributed by atoms with E-state index < -0.39 is 5.79 Å². The predicted molar refractivity (Wildman–Crippen MR) is 99.4 cm³/mol. The molecule has 4 aliphatic rings. The second-order valence-corrected chi connectivity index (χ2v) is 12.1. The molecule has 0 radical (unpaired) electrons. The Morgan fingerprint density at radius 2 is 1.81 bits per heavy atom. The fourth-order valence-corrected chi connectivity index (χ4v) is 9.17. The summed E-state index contributed by atoms with van der Waals surface area (Å²) in [6, 6.07) is 0. The first kappa shape index (κ1) is 19.7. The van der Waals surface area contributed by atoms with Crippen LogP contribution in [-0.4, -0.2) is 35.1 Å². The summed E-state index contributed by atoms with van der Waals surface area (Å²) in [6.07, 6.45) is 7.81. The Morgan fingerprint density at radius 1 is 1.12 bits per heavy atom. The van der Waals surface area contributed by atoms with Crippen LogP contribution >= 0.6 is 0 Å². The van der Waals surface area contributed by atoms with Gasteiger partial charge in [-0.05, 0) is 0 Å². The number of fused-ring (bicyclic) bond motifs is 5. The van der Waals surface area contributed by atoms with Crippen LogP contribution in [0.3, 0.4) is 0 Å². The summed E-state index contributed by atoms with van der Waals surface area (Å²) in [5.41, 5.74) is 0.521. The summed E-state index contributed by atoms with van der Waals surface area (Å²) in [5.74, 6) is 2.77. The minimum absolute atomic E-state index is 0.151. The van der Waals surface area contributed by atoms with Gasteiger partial charge in [0.15, 0.2) is 0 Å². The van der Waals surface area contributed by atoms with Crippen molar-refractivity contribution in [2.45, 2.75) is 77.6 Å². The molecule has 0 spiro atoms. The van der Waals surface area contributed by atoms with E-state index in [1.54, 1.807) is 37.5 Å². The van der Waals surface area contributed by atoms with Crippen LogP contribution in [0.5, 0.6) is 0 Å². The van der Waals surface area contributed by atoms with Gasteiger partial charge >= 0.3 is 170 Å². The van der Waals surface area contributed by atoms with Crippen molar-refractivity contribution in [2.24, 2.45) is 40.4 Å². The van der Waals surface area contributed by atoms with Crippen LogP contribution in [0.15, 0.2) is 0 Å². The van der Waals surface area contributed by atoms with E-state index in [9.17, 15) is 5.11 Å². The van der Waals surface area contributed by atoms with Gasteiger partial charge in [-0.1, -0.05) is 0 Å². The first-order chi connectivity index (χ1) is 12.2. The van der Waals surface area contributed by atoms with Crippen molar-refractivity contribution in [3.8, 4) is 0 Å².